The molecular weight excluding hydrogens is 400 g/mol. The van der Waals surface area contributed by atoms with E-state index in [0.29, 0.717) is 26.1 Å². The van der Waals surface area contributed by atoms with Crippen molar-refractivity contribution in [2.24, 2.45) is 4.99 Å². The van der Waals surface area contributed by atoms with E-state index < -0.39 is 0 Å². The Balaban J connectivity index is 1.40. The minimum absolute atomic E-state index is 0.0568. The molecule has 1 unspecified atom stereocenters. The quantitative estimate of drug-likeness (QED) is 0.557. The molecule has 0 aromatic heterocycles. The Kier molecular flexibility index (Phi) is 7.43. The molecule has 0 bridgehead atoms. The van der Waals surface area contributed by atoms with E-state index in [2.05, 4.69) is 72.6 Å². The molecule has 2 aromatic rings. The maximum absolute atomic E-state index is 11.9. The molecule has 6 heteroatoms. The molecule has 2 fully saturated rings. The molecule has 0 saturated carbocycles. The Morgan fingerprint density at radius 3 is 2.62 bits per heavy atom. The predicted molar refractivity (Wildman–Crippen MR) is 127 cm³/mol. The average Bonchev–Trinajstić information content (AvgIpc) is 3.22. The molecular formula is C26H34N4O2. The first-order chi connectivity index (χ1) is 15.6. The second-order valence-corrected chi connectivity index (χ2v) is 8.57. The maximum Gasteiger partial charge on any atom is 0.222 e. The molecule has 2 aromatic carbocycles. The summed E-state index contributed by atoms with van der Waals surface area (Å²) in [6.45, 7) is 9.58. The van der Waals surface area contributed by atoms with Crippen molar-refractivity contribution in [2.75, 3.05) is 32.8 Å². The number of rotatable bonds is 6. The number of benzene rings is 2. The molecule has 2 aliphatic rings. The van der Waals surface area contributed by atoms with E-state index in [1.54, 1.807) is 0 Å². The third-order valence-electron chi connectivity index (χ3n) is 6.22. The number of nitrogens with zero attached hydrogens (tertiary/aromatic N) is 3. The van der Waals surface area contributed by atoms with Crippen LogP contribution in [0.3, 0.4) is 0 Å². The minimum Gasteiger partial charge on any atom is -0.370 e. The molecule has 0 radical (unpaired) electrons. The zero-order valence-electron chi connectivity index (χ0n) is 19.2. The lowest BCUT2D eigenvalue weighted by atomic mass is 10.0. The van der Waals surface area contributed by atoms with E-state index in [-0.39, 0.29) is 12.0 Å². The SMILES string of the molecule is CCNC(=NCc1ccc(CN2CCCC2=O)cc1)N1CCOC(c2ccccc2C)C1. The van der Waals surface area contributed by atoms with Crippen molar-refractivity contribution in [1.82, 2.24) is 15.1 Å². The van der Waals surface area contributed by atoms with Gasteiger partial charge in [0, 0.05) is 32.6 Å². The van der Waals surface area contributed by atoms with E-state index in [0.717, 1.165) is 38.6 Å². The number of aryl methyl sites for hydroxylation is 1. The summed E-state index contributed by atoms with van der Waals surface area (Å²) in [5, 5.41) is 3.45. The van der Waals surface area contributed by atoms with Gasteiger partial charge in [-0.25, -0.2) is 4.99 Å². The molecule has 0 aliphatic carbocycles. The van der Waals surface area contributed by atoms with Crippen molar-refractivity contribution < 1.29 is 9.53 Å². The third kappa shape index (κ3) is 5.49. The predicted octanol–water partition coefficient (Wildman–Crippen LogP) is 3.66. The van der Waals surface area contributed by atoms with Crippen LogP contribution in [0.5, 0.6) is 0 Å². The van der Waals surface area contributed by atoms with Gasteiger partial charge in [0.1, 0.15) is 6.10 Å². The highest BCUT2D eigenvalue weighted by atomic mass is 16.5. The lowest BCUT2D eigenvalue weighted by Crippen LogP contribution is -2.48. The number of amides is 1. The Hall–Kier alpha value is -2.86. The van der Waals surface area contributed by atoms with E-state index in [1.807, 2.05) is 4.90 Å². The van der Waals surface area contributed by atoms with Gasteiger partial charge in [-0.2, -0.15) is 0 Å². The monoisotopic (exact) mass is 434 g/mol. The van der Waals surface area contributed by atoms with Gasteiger partial charge in [0.25, 0.3) is 0 Å². The van der Waals surface area contributed by atoms with Gasteiger partial charge in [-0.05, 0) is 42.5 Å². The second-order valence-electron chi connectivity index (χ2n) is 8.57. The van der Waals surface area contributed by atoms with Crippen molar-refractivity contribution in [3.63, 3.8) is 0 Å². The van der Waals surface area contributed by atoms with Gasteiger partial charge in [0.15, 0.2) is 5.96 Å². The van der Waals surface area contributed by atoms with Crippen LogP contribution in [0, 0.1) is 6.92 Å². The molecule has 1 atom stereocenters. The Morgan fingerprint density at radius 1 is 1.12 bits per heavy atom. The Bertz CT molecular complexity index is 941. The highest BCUT2D eigenvalue weighted by molar-refractivity contribution is 5.80. The topological polar surface area (TPSA) is 57.2 Å². The van der Waals surface area contributed by atoms with Gasteiger partial charge < -0.3 is 19.9 Å². The van der Waals surface area contributed by atoms with Crippen LogP contribution in [-0.4, -0.2) is 54.5 Å². The molecule has 2 heterocycles. The maximum atomic E-state index is 11.9. The number of ether oxygens (including phenoxy) is 1. The fraction of sp³-hybridized carbons (Fsp3) is 0.462. The molecule has 2 saturated heterocycles. The number of aliphatic imine (C=N–C) groups is 1. The zero-order chi connectivity index (χ0) is 22.3. The molecule has 4 rings (SSSR count). The Labute approximate surface area is 191 Å². The van der Waals surface area contributed by atoms with Crippen LogP contribution in [-0.2, 0) is 22.6 Å². The summed E-state index contributed by atoms with van der Waals surface area (Å²) in [6.07, 6.45) is 1.72. The molecule has 1 N–H and O–H groups in total. The first kappa shape index (κ1) is 22.3. The number of nitrogens with one attached hydrogen (secondary N) is 1. The summed E-state index contributed by atoms with van der Waals surface area (Å²) >= 11 is 0. The van der Waals surface area contributed by atoms with Crippen molar-refractivity contribution in [3.8, 4) is 0 Å². The normalized spacial score (nSPS) is 19.5. The lowest BCUT2D eigenvalue weighted by molar-refractivity contribution is -0.128. The Morgan fingerprint density at radius 2 is 1.91 bits per heavy atom. The van der Waals surface area contributed by atoms with Crippen LogP contribution >= 0.6 is 0 Å². The minimum atomic E-state index is 0.0568. The standard InChI is InChI=1S/C26H34N4O2/c1-3-27-26(30-15-16-32-24(19-30)23-8-5-4-7-20(23)2)28-17-21-10-12-22(13-11-21)18-29-14-6-9-25(29)31/h4-5,7-8,10-13,24H,3,6,9,14-19H2,1-2H3,(H,27,28). The van der Waals surface area contributed by atoms with Gasteiger partial charge >= 0.3 is 0 Å². The largest absolute Gasteiger partial charge is 0.370 e. The highest BCUT2D eigenvalue weighted by Crippen LogP contribution is 2.25. The number of carbonyl (C=O) groups is 1. The first-order valence-electron chi connectivity index (χ1n) is 11.7. The van der Waals surface area contributed by atoms with Crippen LogP contribution in [0.1, 0.15) is 48.1 Å². The summed E-state index contributed by atoms with van der Waals surface area (Å²) in [6, 6.07) is 16.9. The van der Waals surface area contributed by atoms with Gasteiger partial charge in [0.2, 0.25) is 5.91 Å². The van der Waals surface area contributed by atoms with Crippen molar-refractivity contribution >= 4 is 11.9 Å². The lowest BCUT2D eigenvalue weighted by Gasteiger charge is -2.35. The fourth-order valence-corrected chi connectivity index (χ4v) is 4.41. The average molecular weight is 435 g/mol. The second kappa shape index (κ2) is 10.6. The van der Waals surface area contributed by atoms with E-state index in [1.165, 1.54) is 22.3 Å². The number of carbonyl (C=O) groups excluding carboxylic acids is 1. The number of hydrogen-bond donors (Lipinski definition) is 1. The summed E-state index contributed by atoms with van der Waals surface area (Å²) in [7, 11) is 0. The van der Waals surface area contributed by atoms with Gasteiger partial charge in [-0.1, -0.05) is 48.5 Å². The molecule has 1 amide bonds. The van der Waals surface area contributed by atoms with Crippen LogP contribution in [0.2, 0.25) is 0 Å². The summed E-state index contributed by atoms with van der Waals surface area (Å²) < 4.78 is 6.09. The van der Waals surface area contributed by atoms with Crippen LogP contribution in [0.15, 0.2) is 53.5 Å². The fourth-order valence-electron chi connectivity index (χ4n) is 4.41. The van der Waals surface area contributed by atoms with Crippen LogP contribution in [0.4, 0.5) is 0 Å². The molecule has 6 nitrogen and oxygen atoms in total. The van der Waals surface area contributed by atoms with Gasteiger partial charge in [-0.3, -0.25) is 4.79 Å². The van der Waals surface area contributed by atoms with Crippen molar-refractivity contribution in [2.45, 2.75) is 45.9 Å². The molecule has 2 aliphatic heterocycles. The third-order valence-corrected chi connectivity index (χ3v) is 6.22. The first-order valence-corrected chi connectivity index (χ1v) is 11.7. The number of morpholine rings is 1. The van der Waals surface area contributed by atoms with Crippen LogP contribution in [0.25, 0.3) is 0 Å². The van der Waals surface area contributed by atoms with Crippen molar-refractivity contribution in [3.05, 3.63) is 70.8 Å². The molecule has 32 heavy (non-hydrogen) atoms. The number of hydrogen-bond acceptors (Lipinski definition) is 3. The van der Waals surface area contributed by atoms with E-state index in [9.17, 15) is 4.79 Å². The van der Waals surface area contributed by atoms with Crippen molar-refractivity contribution in [1.29, 1.82) is 0 Å². The van der Waals surface area contributed by atoms with Crippen LogP contribution < -0.4 is 5.32 Å². The summed E-state index contributed by atoms with van der Waals surface area (Å²) in [4.78, 5) is 21.0. The van der Waals surface area contributed by atoms with Gasteiger partial charge in [0.05, 0.1) is 19.7 Å². The van der Waals surface area contributed by atoms with E-state index >= 15 is 0 Å². The summed E-state index contributed by atoms with van der Waals surface area (Å²) in [5.41, 5.74) is 4.85. The smallest absolute Gasteiger partial charge is 0.222 e. The summed E-state index contributed by atoms with van der Waals surface area (Å²) in [5.74, 6) is 1.20. The molecule has 170 valence electrons. The highest BCUT2D eigenvalue weighted by Gasteiger charge is 2.25. The van der Waals surface area contributed by atoms with E-state index in [4.69, 9.17) is 9.73 Å². The number of likely N-dealkylation sites (tertiary alicyclic amines) is 1. The zero-order valence-corrected chi connectivity index (χ0v) is 19.2. The molecule has 0 spiro atoms. The van der Waals surface area contributed by atoms with Gasteiger partial charge in [-0.15, -0.1) is 0 Å². The number of guanidine groups is 1.